The van der Waals surface area contributed by atoms with Gasteiger partial charge in [-0.15, -0.1) is 10.2 Å². The van der Waals surface area contributed by atoms with Crippen LogP contribution in [0.5, 0.6) is 11.5 Å². The molecule has 28 heavy (non-hydrogen) atoms. The van der Waals surface area contributed by atoms with Crippen LogP contribution in [-0.4, -0.2) is 29.4 Å². The van der Waals surface area contributed by atoms with Gasteiger partial charge in [-0.2, -0.15) is 0 Å². The summed E-state index contributed by atoms with van der Waals surface area (Å²) in [5.74, 6) is 2.15. The molecule has 3 heterocycles. The summed E-state index contributed by atoms with van der Waals surface area (Å²) in [6.07, 6.45) is 0.987. The molecule has 2 aliphatic heterocycles. The molecule has 0 radical (unpaired) electrons. The molecule has 2 aliphatic rings. The van der Waals surface area contributed by atoms with Crippen LogP contribution in [-0.2, 0) is 13.0 Å². The van der Waals surface area contributed by atoms with E-state index >= 15 is 0 Å². The van der Waals surface area contributed by atoms with Crippen LogP contribution in [0.15, 0.2) is 54.6 Å². The van der Waals surface area contributed by atoms with Crippen molar-refractivity contribution in [2.45, 2.75) is 13.0 Å². The number of hydrogen-bond donors (Lipinski definition) is 1. The van der Waals surface area contributed by atoms with Gasteiger partial charge in [0.25, 0.3) is 5.91 Å². The predicted octanol–water partition coefficient (Wildman–Crippen LogP) is 3.02. The Morgan fingerprint density at radius 3 is 2.68 bits per heavy atom. The molecule has 2 aromatic carbocycles. The molecule has 0 unspecified atom stereocenters. The van der Waals surface area contributed by atoms with Crippen LogP contribution in [0.25, 0.3) is 0 Å². The van der Waals surface area contributed by atoms with Gasteiger partial charge in [0.2, 0.25) is 6.79 Å². The number of benzene rings is 2. The quantitative estimate of drug-likeness (QED) is 0.759. The zero-order valence-corrected chi connectivity index (χ0v) is 15.1. The van der Waals surface area contributed by atoms with Crippen molar-refractivity contribution < 1.29 is 14.3 Å². The molecule has 7 heteroatoms. The van der Waals surface area contributed by atoms with Crippen molar-refractivity contribution >= 4 is 17.5 Å². The molecular formula is C21H18N4O3. The molecule has 5 rings (SSSR count). The molecule has 0 aliphatic carbocycles. The second-order valence-electron chi connectivity index (χ2n) is 6.74. The molecular weight excluding hydrogens is 356 g/mol. The largest absolute Gasteiger partial charge is 0.454 e. The molecule has 0 atom stereocenters. The van der Waals surface area contributed by atoms with Gasteiger partial charge in [-0.05, 0) is 47.9 Å². The Kier molecular flexibility index (Phi) is 4.05. The van der Waals surface area contributed by atoms with Gasteiger partial charge in [0.1, 0.15) is 0 Å². The van der Waals surface area contributed by atoms with Crippen LogP contribution >= 0.6 is 0 Å². The van der Waals surface area contributed by atoms with Crippen molar-refractivity contribution in [3.05, 3.63) is 71.3 Å². The van der Waals surface area contributed by atoms with Crippen molar-refractivity contribution in [2.75, 3.05) is 23.6 Å². The Balaban J connectivity index is 1.27. The van der Waals surface area contributed by atoms with Gasteiger partial charge in [0.15, 0.2) is 23.1 Å². The highest BCUT2D eigenvalue weighted by Crippen LogP contribution is 2.32. The fourth-order valence-corrected chi connectivity index (χ4v) is 3.48. The standard InChI is InChI=1S/C21H18N4O3/c26-21(15-5-6-17-18(11-15)28-13-27-17)22-19-7-8-20(24-23-19)25-10-9-14-3-1-2-4-16(14)12-25/h1-8,11H,9-10,12-13H2,(H,22,23,26). The van der Waals surface area contributed by atoms with Crippen LogP contribution in [0.2, 0.25) is 0 Å². The number of aromatic nitrogens is 2. The Morgan fingerprint density at radius 1 is 0.964 bits per heavy atom. The second kappa shape index (κ2) is 6.84. The van der Waals surface area contributed by atoms with Gasteiger partial charge >= 0.3 is 0 Å². The number of rotatable bonds is 3. The average molecular weight is 374 g/mol. The number of fused-ring (bicyclic) bond motifs is 2. The minimum Gasteiger partial charge on any atom is -0.454 e. The lowest BCUT2D eigenvalue weighted by atomic mass is 10.00. The summed E-state index contributed by atoms with van der Waals surface area (Å²) in [7, 11) is 0. The maximum atomic E-state index is 12.5. The highest BCUT2D eigenvalue weighted by atomic mass is 16.7. The van der Waals surface area contributed by atoms with Gasteiger partial charge in [-0.1, -0.05) is 24.3 Å². The lowest BCUT2D eigenvalue weighted by molar-refractivity contribution is 0.102. The Hall–Kier alpha value is -3.61. The maximum absolute atomic E-state index is 12.5. The van der Waals surface area contributed by atoms with E-state index in [1.54, 1.807) is 24.3 Å². The summed E-state index contributed by atoms with van der Waals surface area (Å²) in [5.41, 5.74) is 3.18. The molecule has 0 saturated heterocycles. The Labute approximate surface area is 161 Å². The minimum absolute atomic E-state index is 0.175. The van der Waals surface area contributed by atoms with E-state index in [0.29, 0.717) is 22.9 Å². The van der Waals surface area contributed by atoms with E-state index in [1.165, 1.54) is 11.1 Å². The van der Waals surface area contributed by atoms with Gasteiger partial charge in [0, 0.05) is 18.7 Å². The van der Waals surface area contributed by atoms with E-state index in [-0.39, 0.29) is 12.7 Å². The average Bonchev–Trinajstić information content (AvgIpc) is 3.22. The molecule has 0 fully saturated rings. The molecule has 1 aromatic heterocycles. The van der Waals surface area contributed by atoms with E-state index in [9.17, 15) is 4.79 Å². The molecule has 3 aromatic rings. The normalized spacial score (nSPS) is 14.5. The Morgan fingerprint density at radius 2 is 1.82 bits per heavy atom. The first-order valence-electron chi connectivity index (χ1n) is 9.13. The van der Waals surface area contributed by atoms with Crippen molar-refractivity contribution in [1.82, 2.24) is 10.2 Å². The fraction of sp³-hybridized carbons (Fsp3) is 0.190. The van der Waals surface area contributed by atoms with E-state index in [4.69, 9.17) is 9.47 Å². The van der Waals surface area contributed by atoms with E-state index < -0.39 is 0 Å². The van der Waals surface area contributed by atoms with Crippen LogP contribution in [0, 0.1) is 0 Å². The summed E-state index contributed by atoms with van der Waals surface area (Å²) in [5, 5.41) is 11.2. The van der Waals surface area contributed by atoms with E-state index in [1.807, 2.05) is 6.07 Å². The summed E-state index contributed by atoms with van der Waals surface area (Å²) in [6, 6.07) is 17.2. The van der Waals surface area contributed by atoms with Gasteiger partial charge < -0.3 is 19.7 Å². The maximum Gasteiger partial charge on any atom is 0.257 e. The zero-order chi connectivity index (χ0) is 18.9. The van der Waals surface area contributed by atoms with E-state index in [2.05, 4.69) is 44.7 Å². The monoisotopic (exact) mass is 374 g/mol. The summed E-state index contributed by atoms with van der Waals surface area (Å²) >= 11 is 0. The summed E-state index contributed by atoms with van der Waals surface area (Å²) in [6.45, 7) is 1.89. The van der Waals surface area contributed by atoms with Crippen molar-refractivity contribution in [3.8, 4) is 11.5 Å². The smallest absolute Gasteiger partial charge is 0.257 e. The van der Waals surface area contributed by atoms with Crippen LogP contribution in [0.1, 0.15) is 21.5 Å². The van der Waals surface area contributed by atoms with Gasteiger partial charge in [0.05, 0.1) is 0 Å². The number of ether oxygens (including phenoxy) is 2. The number of carbonyl (C=O) groups excluding carboxylic acids is 1. The molecule has 0 saturated carbocycles. The molecule has 1 amide bonds. The molecule has 1 N–H and O–H groups in total. The lowest BCUT2D eigenvalue weighted by Gasteiger charge is -2.29. The molecule has 0 bridgehead atoms. The van der Waals surface area contributed by atoms with Crippen molar-refractivity contribution in [2.24, 2.45) is 0 Å². The van der Waals surface area contributed by atoms with Gasteiger partial charge in [-0.3, -0.25) is 4.79 Å². The topological polar surface area (TPSA) is 76.6 Å². The fourth-order valence-electron chi connectivity index (χ4n) is 3.48. The third kappa shape index (κ3) is 3.11. The number of nitrogens with zero attached hydrogens (tertiary/aromatic N) is 3. The molecule has 140 valence electrons. The zero-order valence-electron chi connectivity index (χ0n) is 15.1. The Bertz CT molecular complexity index is 1040. The molecule has 0 spiro atoms. The minimum atomic E-state index is -0.271. The highest BCUT2D eigenvalue weighted by Gasteiger charge is 2.19. The number of nitrogens with one attached hydrogen (secondary N) is 1. The van der Waals surface area contributed by atoms with Gasteiger partial charge in [-0.25, -0.2) is 0 Å². The number of hydrogen-bond acceptors (Lipinski definition) is 6. The number of carbonyl (C=O) groups is 1. The first-order valence-corrected chi connectivity index (χ1v) is 9.13. The van der Waals surface area contributed by atoms with Crippen LogP contribution < -0.4 is 19.7 Å². The highest BCUT2D eigenvalue weighted by molar-refractivity contribution is 6.04. The number of amides is 1. The first kappa shape index (κ1) is 16.6. The van der Waals surface area contributed by atoms with Crippen LogP contribution in [0.3, 0.4) is 0 Å². The lowest BCUT2D eigenvalue weighted by Crippen LogP contribution is -2.31. The second-order valence-corrected chi connectivity index (χ2v) is 6.74. The van der Waals surface area contributed by atoms with Crippen LogP contribution in [0.4, 0.5) is 11.6 Å². The van der Waals surface area contributed by atoms with Crippen molar-refractivity contribution in [1.29, 1.82) is 0 Å². The summed E-state index contributed by atoms with van der Waals surface area (Å²) in [4.78, 5) is 14.6. The third-order valence-electron chi connectivity index (χ3n) is 4.98. The third-order valence-corrected chi connectivity index (χ3v) is 4.98. The van der Waals surface area contributed by atoms with E-state index in [0.717, 1.165) is 25.3 Å². The predicted molar refractivity (Wildman–Crippen MR) is 104 cm³/mol. The van der Waals surface area contributed by atoms with Crippen molar-refractivity contribution in [3.63, 3.8) is 0 Å². The molecule has 7 nitrogen and oxygen atoms in total. The SMILES string of the molecule is O=C(Nc1ccc(N2CCc3ccccc3C2)nn1)c1ccc2c(c1)OCO2. The summed E-state index contributed by atoms with van der Waals surface area (Å²) < 4.78 is 10.6. The number of anilines is 2. The first-order chi connectivity index (χ1) is 13.8.